The van der Waals surface area contributed by atoms with Crippen molar-refractivity contribution in [3.8, 4) is 0 Å². The van der Waals surface area contributed by atoms with Gasteiger partial charge >= 0.3 is 0 Å². The molecule has 0 saturated carbocycles. The van der Waals surface area contributed by atoms with Crippen LogP contribution >= 0.6 is 11.3 Å². The SMILES string of the molecule is CCN(CCO)c1ncnc(Nc2nc3ccc(C)cc3s2)c1N. The van der Waals surface area contributed by atoms with Crippen molar-refractivity contribution in [2.24, 2.45) is 0 Å². The number of aliphatic hydroxyl groups is 1. The summed E-state index contributed by atoms with van der Waals surface area (Å²) in [5.74, 6) is 1.13. The first-order chi connectivity index (χ1) is 11.6. The second-order valence-electron chi connectivity index (χ2n) is 5.38. The Kier molecular flexibility index (Phi) is 4.77. The minimum absolute atomic E-state index is 0.0390. The summed E-state index contributed by atoms with van der Waals surface area (Å²) in [5.41, 5.74) is 8.81. The highest BCUT2D eigenvalue weighted by Gasteiger charge is 2.15. The van der Waals surface area contributed by atoms with Crippen molar-refractivity contribution in [2.45, 2.75) is 13.8 Å². The van der Waals surface area contributed by atoms with Crippen LogP contribution in [-0.4, -0.2) is 39.8 Å². The molecule has 3 rings (SSSR count). The van der Waals surface area contributed by atoms with Crippen LogP contribution in [0.2, 0.25) is 0 Å². The molecule has 0 aliphatic carbocycles. The van der Waals surface area contributed by atoms with E-state index in [-0.39, 0.29) is 6.61 Å². The molecule has 0 bridgehead atoms. The summed E-state index contributed by atoms with van der Waals surface area (Å²) in [6.07, 6.45) is 1.46. The van der Waals surface area contributed by atoms with Crippen LogP contribution < -0.4 is 16.0 Å². The van der Waals surface area contributed by atoms with E-state index in [1.807, 2.05) is 24.0 Å². The van der Waals surface area contributed by atoms with Gasteiger partial charge in [0.2, 0.25) is 0 Å². The molecule has 0 spiro atoms. The summed E-state index contributed by atoms with van der Waals surface area (Å²) in [6.45, 7) is 5.25. The van der Waals surface area contributed by atoms with Gasteiger partial charge in [0.15, 0.2) is 16.8 Å². The van der Waals surface area contributed by atoms with E-state index < -0.39 is 0 Å². The first-order valence-corrected chi connectivity index (χ1v) is 8.54. The predicted octanol–water partition coefficient (Wildman–Crippen LogP) is 2.54. The number of fused-ring (bicyclic) bond motifs is 1. The highest BCUT2D eigenvalue weighted by atomic mass is 32.1. The topological polar surface area (TPSA) is 100 Å². The molecule has 1 aromatic carbocycles. The smallest absolute Gasteiger partial charge is 0.189 e. The van der Waals surface area contributed by atoms with Crippen LogP contribution in [0.3, 0.4) is 0 Å². The lowest BCUT2D eigenvalue weighted by molar-refractivity contribution is 0.302. The Morgan fingerprint density at radius 1 is 1.33 bits per heavy atom. The quantitative estimate of drug-likeness (QED) is 0.632. The first kappa shape index (κ1) is 16.4. The number of hydrogen-bond donors (Lipinski definition) is 3. The number of benzene rings is 1. The Balaban J connectivity index is 1.91. The Bertz CT molecular complexity index is 850. The van der Waals surface area contributed by atoms with Gasteiger partial charge in [-0.15, -0.1) is 0 Å². The van der Waals surface area contributed by atoms with E-state index in [9.17, 15) is 5.11 Å². The number of hydrogen-bond acceptors (Lipinski definition) is 8. The van der Waals surface area contributed by atoms with Crippen molar-refractivity contribution in [1.29, 1.82) is 0 Å². The molecule has 2 aromatic heterocycles. The average Bonchev–Trinajstić information content (AvgIpc) is 2.96. The number of anilines is 4. The number of aromatic nitrogens is 3. The van der Waals surface area contributed by atoms with Crippen LogP contribution in [0.1, 0.15) is 12.5 Å². The molecule has 0 radical (unpaired) electrons. The van der Waals surface area contributed by atoms with Crippen molar-refractivity contribution in [3.63, 3.8) is 0 Å². The van der Waals surface area contributed by atoms with Gasteiger partial charge in [-0.3, -0.25) is 0 Å². The lowest BCUT2D eigenvalue weighted by Crippen LogP contribution is -2.28. The second kappa shape index (κ2) is 6.98. The van der Waals surface area contributed by atoms with E-state index in [0.29, 0.717) is 30.4 Å². The monoisotopic (exact) mass is 344 g/mol. The zero-order valence-corrected chi connectivity index (χ0v) is 14.5. The lowest BCUT2D eigenvalue weighted by atomic mass is 10.2. The average molecular weight is 344 g/mol. The normalized spacial score (nSPS) is 11.0. The number of rotatable bonds is 6. The molecular formula is C16H20N6OS. The van der Waals surface area contributed by atoms with Gasteiger partial charge in [0, 0.05) is 13.1 Å². The molecule has 0 aliphatic rings. The van der Waals surface area contributed by atoms with E-state index in [1.165, 1.54) is 11.9 Å². The largest absolute Gasteiger partial charge is 0.395 e. The zero-order valence-electron chi connectivity index (χ0n) is 13.7. The van der Waals surface area contributed by atoms with E-state index in [2.05, 4.69) is 33.3 Å². The number of likely N-dealkylation sites (N-methyl/N-ethyl adjacent to an activating group) is 1. The first-order valence-electron chi connectivity index (χ1n) is 7.73. The maximum absolute atomic E-state index is 9.18. The molecule has 0 unspecified atom stereocenters. The Morgan fingerprint density at radius 3 is 2.92 bits per heavy atom. The molecule has 0 atom stereocenters. The minimum Gasteiger partial charge on any atom is -0.395 e. The van der Waals surface area contributed by atoms with Crippen LogP contribution in [0.25, 0.3) is 10.2 Å². The van der Waals surface area contributed by atoms with Gasteiger partial charge in [-0.2, -0.15) is 0 Å². The third-order valence-corrected chi connectivity index (χ3v) is 4.62. The van der Waals surface area contributed by atoms with E-state index in [1.54, 1.807) is 11.3 Å². The molecule has 0 amide bonds. The number of nitrogens with zero attached hydrogens (tertiary/aromatic N) is 4. The Hall–Kier alpha value is -2.45. The molecular weight excluding hydrogens is 324 g/mol. The van der Waals surface area contributed by atoms with Crippen molar-refractivity contribution in [1.82, 2.24) is 15.0 Å². The third-order valence-electron chi connectivity index (χ3n) is 3.68. The Morgan fingerprint density at radius 2 is 2.17 bits per heavy atom. The number of nitrogens with one attached hydrogen (secondary N) is 1. The van der Waals surface area contributed by atoms with E-state index >= 15 is 0 Å². The maximum Gasteiger partial charge on any atom is 0.189 e. The summed E-state index contributed by atoms with van der Waals surface area (Å²) in [7, 11) is 0. The highest BCUT2D eigenvalue weighted by Crippen LogP contribution is 2.32. The van der Waals surface area contributed by atoms with E-state index in [0.717, 1.165) is 15.3 Å². The second-order valence-corrected chi connectivity index (χ2v) is 6.41. The summed E-state index contributed by atoms with van der Waals surface area (Å²) in [4.78, 5) is 14.9. The van der Waals surface area contributed by atoms with Crippen LogP contribution in [-0.2, 0) is 0 Å². The highest BCUT2D eigenvalue weighted by molar-refractivity contribution is 7.22. The van der Waals surface area contributed by atoms with Gasteiger partial charge in [-0.05, 0) is 31.5 Å². The van der Waals surface area contributed by atoms with Crippen LogP contribution in [0, 0.1) is 6.92 Å². The number of nitrogen functional groups attached to an aromatic ring is 1. The number of nitrogens with two attached hydrogens (primary N) is 1. The third kappa shape index (κ3) is 3.24. The molecule has 0 saturated heterocycles. The zero-order chi connectivity index (χ0) is 17.1. The molecule has 7 nitrogen and oxygen atoms in total. The molecule has 2 heterocycles. The van der Waals surface area contributed by atoms with Crippen molar-refractivity contribution in [3.05, 3.63) is 30.1 Å². The number of aryl methyl sites for hydroxylation is 1. The number of thiazole rings is 1. The van der Waals surface area contributed by atoms with Gasteiger partial charge in [-0.25, -0.2) is 15.0 Å². The molecule has 4 N–H and O–H groups in total. The van der Waals surface area contributed by atoms with Crippen LogP contribution in [0.15, 0.2) is 24.5 Å². The molecule has 24 heavy (non-hydrogen) atoms. The summed E-state index contributed by atoms with van der Waals surface area (Å²) < 4.78 is 1.11. The van der Waals surface area contributed by atoms with Crippen molar-refractivity contribution >= 4 is 44.0 Å². The van der Waals surface area contributed by atoms with Gasteiger partial charge in [0.05, 0.1) is 16.8 Å². The molecule has 3 aromatic rings. The summed E-state index contributed by atoms with van der Waals surface area (Å²) in [5, 5.41) is 13.1. The minimum atomic E-state index is 0.0390. The van der Waals surface area contributed by atoms with Crippen molar-refractivity contribution < 1.29 is 5.11 Å². The summed E-state index contributed by atoms with van der Waals surface area (Å²) >= 11 is 1.55. The molecule has 0 aliphatic heterocycles. The Labute approximate surface area is 144 Å². The fraction of sp³-hybridized carbons (Fsp3) is 0.312. The van der Waals surface area contributed by atoms with Gasteiger partial charge in [0.25, 0.3) is 0 Å². The molecule has 8 heteroatoms. The van der Waals surface area contributed by atoms with Crippen molar-refractivity contribution in [2.75, 3.05) is 35.6 Å². The van der Waals surface area contributed by atoms with Crippen LogP contribution in [0.4, 0.5) is 22.5 Å². The fourth-order valence-corrected chi connectivity index (χ4v) is 3.42. The summed E-state index contributed by atoms with van der Waals surface area (Å²) in [6, 6.07) is 6.14. The predicted molar refractivity (Wildman–Crippen MR) is 99.1 cm³/mol. The number of aliphatic hydroxyl groups excluding tert-OH is 1. The van der Waals surface area contributed by atoms with E-state index in [4.69, 9.17) is 5.73 Å². The molecule has 126 valence electrons. The molecule has 0 fully saturated rings. The van der Waals surface area contributed by atoms with Gasteiger partial charge < -0.3 is 21.1 Å². The maximum atomic E-state index is 9.18. The standard InChI is InChI=1S/C16H20N6OS/c1-3-22(6-7-23)15-13(17)14(18-9-19-15)21-16-20-11-5-4-10(2)8-12(11)24-16/h4-5,8-9,23H,3,6-7,17H2,1-2H3,(H,18,19,20,21). The van der Waals surface area contributed by atoms with Gasteiger partial charge in [0.1, 0.15) is 12.0 Å². The van der Waals surface area contributed by atoms with Gasteiger partial charge in [-0.1, -0.05) is 17.4 Å². The fourth-order valence-electron chi connectivity index (χ4n) is 2.46. The van der Waals surface area contributed by atoms with Crippen LogP contribution in [0.5, 0.6) is 0 Å². The lowest BCUT2D eigenvalue weighted by Gasteiger charge is -2.22.